The van der Waals surface area contributed by atoms with Gasteiger partial charge in [0, 0.05) is 30.8 Å². The summed E-state index contributed by atoms with van der Waals surface area (Å²) in [5.74, 6) is 0.307. The summed E-state index contributed by atoms with van der Waals surface area (Å²) in [6, 6.07) is 4.72. The molecule has 25 heavy (non-hydrogen) atoms. The number of amides is 1. The number of carbonyl (C=O) groups excluding carboxylic acids is 1. The number of anilines is 1. The van der Waals surface area contributed by atoms with E-state index in [1.54, 1.807) is 12.1 Å². The number of rotatable bonds is 7. The molecule has 138 valence electrons. The number of nitro benzene ring substituents is 1. The summed E-state index contributed by atoms with van der Waals surface area (Å²) in [6.45, 7) is 8.55. The molecule has 1 unspecified atom stereocenters. The number of hydrogen-bond donors (Lipinski definition) is 1. The lowest BCUT2D eigenvalue weighted by molar-refractivity contribution is -0.384. The quantitative estimate of drug-likeness (QED) is 0.604. The summed E-state index contributed by atoms with van der Waals surface area (Å²) in [5.41, 5.74) is 0.821. The third-order valence-electron chi connectivity index (χ3n) is 4.34. The predicted octanol–water partition coefficient (Wildman–Crippen LogP) is 2.99. The zero-order chi connectivity index (χ0) is 18.4. The molecule has 0 spiro atoms. The van der Waals surface area contributed by atoms with E-state index < -0.39 is 4.92 Å². The molecule has 1 heterocycles. The Balaban J connectivity index is 2.12. The lowest BCUT2D eigenvalue weighted by atomic mass is 10.0. The minimum Gasteiger partial charge on any atom is -0.378 e. The first kappa shape index (κ1) is 19.2. The van der Waals surface area contributed by atoms with E-state index in [1.807, 2.05) is 11.8 Å². The van der Waals surface area contributed by atoms with Crippen LogP contribution in [0.5, 0.6) is 0 Å². The number of nitrogens with zero attached hydrogens (tertiary/aromatic N) is 2. The Hall–Kier alpha value is -2.15. The summed E-state index contributed by atoms with van der Waals surface area (Å²) in [5, 5.41) is 14.4. The summed E-state index contributed by atoms with van der Waals surface area (Å²) in [7, 11) is 0. The van der Waals surface area contributed by atoms with Crippen LogP contribution in [0.15, 0.2) is 18.2 Å². The Morgan fingerprint density at radius 2 is 1.96 bits per heavy atom. The van der Waals surface area contributed by atoms with Crippen molar-refractivity contribution in [1.82, 2.24) is 5.32 Å². The van der Waals surface area contributed by atoms with Crippen LogP contribution in [-0.4, -0.2) is 43.2 Å². The van der Waals surface area contributed by atoms with Crippen LogP contribution in [0.3, 0.4) is 0 Å². The molecule has 0 aliphatic carbocycles. The van der Waals surface area contributed by atoms with Gasteiger partial charge in [0.05, 0.1) is 18.1 Å². The van der Waals surface area contributed by atoms with Gasteiger partial charge < -0.3 is 15.0 Å². The van der Waals surface area contributed by atoms with Gasteiger partial charge in [-0.3, -0.25) is 14.9 Å². The first-order valence-corrected chi connectivity index (χ1v) is 8.80. The van der Waals surface area contributed by atoms with Crippen molar-refractivity contribution in [1.29, 1.82) is 0 Å². The summed E-state index contributed by atoms with van der Waals surface area (Å²) >= 11 is 0. The molecule has 1 fully saturated rings. The molecule has 0 aromatic heterocycles. The van der Waals surface area contributed by atoms with Crippen LogP contribution in [0.4, 0.5) is 11.4 Å². The molecule has 1 amide bonds. The van der Waals surface area contributed by atoms with E-state index in [9.17, 15) is 14.9 Å². The molecular weight excluding hydrogens is 322 g/mol. The van der Waals surface area contributed by atoms with Crippen molar-refractivity contribution in [3.63, 3.8) is 0 Å². The second-order valence-corrected chi connectivity index (χ2v) is 6.91. The molecule has 2 rings (SSSR count). The van der Waals surface area contributed by atoms with Crippen molar-refractivity contribution >= 4 is 17.3 Å². The van der Waals surface area contributed by atoms with Gasteiger partial charge in [0.1, 0.15) is 5.69 Å². The third kappa shape index (κ3) is 5.42. The van der Waals surface area contributed by atoms with E-state index in [0.29, 0.717) is 43.5 Å². The Kier molecular flexibility index (Phi) is 6.75. The molecule has 0 saturated carbocycles. The molecule has 7 heteroatoms. The number of carbonyl (C=O) groups is 1. The number of nitrogens with one attached hydrogen (secondary N) is 1. The van der Waals surface area contributed by atoms with Crippen molar-refractivity contribution in [3.8, 4) is 0 Å². The van der Waals surface area contributed by atoms with Gasteiger partial charge in [-0.2, -0.15) is 0 Å². The number of ether oxygens (including phenoxy) is 1. The number of hydrogen-bond acceptors (Lipinski definition) is 5. The van der Waals surface area contributed by atoms with Crippen LogP contribution in [0.25, 0.3) is 0 Å². The highest BCUT2D eigenvalue weighted by Crippen LogP contribution is 2.30. The van der Waals surface area contributed by atoms with Crippen molar-refractivity contribution in [2.75, 3.05) is 31.2 Å². The third-order valence-corrected chi connectivity index (χ3v) is 4.34. The van der Waals surface area contributed by atoms with Crippen molar-refractivity contribution in [3.05, 3.63) is 33.9 Å². The molecule has 7 nitrogen and oxygen atoms in total. The fourth-order valence-electron chi connectivity index (χ4n) is 2.85. The van der Waals surface area contributed by atoms with Crippen LogP contribution in [-0.2, 0) is 4.74 Å². The Morgan fingerprint density at radius 3 is 2.56 bits per heavy atom. The van der Waals surface area contributed by atoms with Crippen molar-refractivity contribution in [2.24, 2.45) is 5.92 Å². The number of morpholine rings is 1. The van der Waals surface area contributed by atoms with E-state index in [1.165, 1.54) is 6.07 Å². The molecule has 0 bridgehead atoms. The van der Waals surface area contributed by atoms with E-state index in [0.717, 1.165) is 12.8 Å². The summed E-state index contributed by atoms with van der Waals surface area (Å²) < 4.78 is 5.29. The lowest BCUT2D eigenvalue weighted by Crippen LogP contribution is -2.36. The van der Waals surface area contributed by atoms with Gasteiger partial charge >= 0.3 is 0 Å². The first-order valence-electron chi connectivity index (χ1n) is 8.80. The van der Waals surface area contributed by atoms with Gasteiger partial charge in [0.25, 0.3) is 11.6 Å². The SMILES string of the molecule is CC(C)CCC(C)NC(=O)c1ccc(N2CCOCC2)c([N+](=O)[O-])c1. The molecule has 1 aliphatic heterocycles. The molecule has 0 radical (unpaired) electrons. The normalized spacial score (nSPS) is 15.9. The molecule has 1 atom stereocenters. The number of nitro groups is 1. The van der Waals surface area contributed by atoms with Crippen LogP contribution in [0, 0.1) is 16.0 Å². The monoisotopic (exact) mass is 349 g/mol. The number of benzene rings is 1. The second-order valence-electron chi connectivity index (χ2n) is 6.91. The highest BCUT2D eigenvalue weighted by atomic mass is 16.6. The summed E-state index contributed by atoms with van der Waals surface area (Å²) in [4.78, 5) is 25.3. The van der Waals surface area contributed by atoms with E-state index in [-0.39, 0.29) is 17.6 Å². The van der Waals surface area contributed by atoms with Crippen molar-refractivity contribution in [2.45, 2.75) is 39.7 Å². The zero-order valence-corrected chi connectivity index (χ0v) is 15.2. The summed E-state index contributed by atoms with van der Waals surface area (Å²) in [6.07, 6.45) is 1.91. The Labute approximate surface area is 148 Å². The van der Waals surface area contributed by atoms with Crippen LogP contribution in [0.1, 0.15) is 44.0 Å². The van der Waals surface area contributed by atoms with E-state index >= 15 is 0 Å². The smallest absolute Gasteiger partial charge is 0.293 e. The van der Waals surface area contributed by atoms with Gasteiger partial charge in [0.2, 0.25) is 0 Å². The minimum atomic E-state index is -0.427. The fraction of sp³-hybridized carbons (Fsp3) is 0.611. The topological polar surface area (TPSA) is 84.7 Å². The highest BCUT2D eigenvalue weighted by molar-refractivity contribution is 5.96. The van der Waals surface area contributed by atoms with Crippen LogP contribution >= 0.6 is 0 Å². The molecule has 1 saturated heterocycles. The molecular formula is C18H27N3O4. The van der Waals surface area contributed by atoms with Crippen LogP contribution < -0.4 is 10.2 Å². The van der Waals surface area contributed by atoms with Crippen LogP contribution in [0.2, 0.25) is 0 Å². The average Bonchev–Trinajstić information content (AvgIpc) is 2.60. The van der Waals surface area contributed by atoms with Gasteiger partial charge in [-0.25, -0.2) is 0 Å². The lowest BCUT2D eigenvalue weighted by Gasteiger charge is -2.28. The van der Waals surface area contributed by atoms with Gasteiger partial charge in [-0.05, 0) is 37.8 Å². The molecule has 1 aromatic carbocycles. The Morgan fingerprint density at radius 1 is 1.28 bits per heavy atom. The van der Waals surface area contributed by atoms with Gasteiger partial charge in [-0.1, -0.05) is 13.8 Å². The van der Waals surface area contributed by atoms with E-state index in [4.69, 9.17) is 4.74 Å². The standard InChI is InChI=1S/C18H27N3O4/c1-13(2)4-5-14(3)19-18(22)15-6-7-16(17(12-15)21(23)24)20-8-10-25-11-9-20/h6-7,12-14H,4-5,8-11H2,1-3H3,(H,19,22). The molecule has 1 N–H and O–H groups in total. The largest absolute Gasteiger partial charge is 0.378 e. The van der Waals surface area contributed by atoms with Gasteiger partial charge in [0.15, 0.2) is 0 Å². The average molecular weight is 349 g/mol. The maximum Gasteiger partial charge on any atom is 0.293 e. The first-order chi connectivity index (χ1) is 11.9. The predicted molar refractivity (Wildman–Crippen MR) is 97.1 cm³/mol. The zero-order valence-electron chi connectivity index (χ0n) is 15.2. The minimum absolute atomic E-state index is 0.0351. The molecule has 1 aromatic rings. The second kappa shape index (κ2) is 8.80. The van der Waals surface area contributed by atoms with Crippen molar-refractivity contribution < 1.29 is 14.5 Å². The highest BCUT2D eigenvalue weighted by Gasteiger charge is 2.23. The maximum atomic E-state index is 12.4. The van der Waals surface area contributed by atoms with E-state index in [2.05, 4.69) is 19.2 Å². The maximum absolute atomic E-state index is 12.4. The fourth-order valence-corrected chi connectivity index (χ4v) is 2.85. The Bertz CT molecular complexity index is 612. The molecule has 1 aliphatic rings. The van der Waals surface area contributed by atoms with Gasteiger partial charge in [-0.15, -0.1) is 0 Å².